The summed E-state index contributed by atoms with van der Waals surface area (Å²) in [6.07, 6.45) is 12.6. The predicted octanol–water partition coefficient (Wildman–Crippen LogP) is 5.21. The van der Waals surface area contributed by atoms with Crippen molar-refractivity contribution in [2.24, 2.45) is 0 Å². The smallest absolute Gasteiger partial charge is 0.331 e. The van der Waals surface area contributed by atoms with E-state index in [0.29, 0.717) is 5.75 Å². The van der Waals surface area contributed by atoms with E-state index in [4.69, 9.17) is 9.47 Å². The SMILES string of the molecule is COc1cc(/C=C/C=C/C(=O)OC/C=C(\C)CCC=C(C)C)ccc1O. The molecule has 0 heterocycles. The molecule has 0 aliphatic carbocycles. The Labute approximate surface area is 156 Å². The molecule has 0 saturated carbocycles. The summed E-state index contributed by atoms with van der Waals surface area (Å²) in [6.45, 7) is 6.49. The molecule has 1 aromatic carbocycles. The van der Waals surface area contributed by atoms with Crippen LogP contribution in [0.5, 0.6) is 11.5 Å². The Bertz CT molecular complexity index is 705. The fourth-order valence-electron chi connectivity index (χ4n) is 2.10. The van der Waals surface area contributed by atoms with Crippen molar-refractivity contribution in [1.29, 1.82) is 0 Å². The van der Waals surface area contributed by atoms with Gasteiger partial charge in [-0.1, -0.05) is 41.5 Å². The maximum Gasteiger partial charge on any atom is 0.331 e. The number of methoxy groups -OCH3 is 1. The first-order chi connectivity index (χ1) is 12.4. The third kappa shape index (κ3) is 8.92. The van der Waals surface area contributed by atoms with Crippen LogP contribution in [0.25, 0.3) is 6.08 Å². The standard InChI is InChI=1S/C22H28O4/c1-17(2)8-7-9-18(3)14-15-26-22(24)11-6-5-10-19-12-13-20(23)21(16-19)25-4/h5-6,8,10-14,16,23H,7,9,15H2,1-4H3/b10-5+,11-6+,18-14+. The van der Waals surface area contributed by atoms with Crippen LogP contribution in [-0.4, -0.2) is 24.8 Å². The number of allylic oxidation sites excluding steroid dienone is 5. The number of esters is 1. The van der Waals surface area contributed by atoms with Gasteiger partial charge in [-0.3, -0.25) is 0 Å². The Hall–Kier alpha value is -2.75. The molecule has 0 radical (unpaired) electrons. The molecule has 0 unspecified atom stereocenters. The lowest BCUT2D eigenvalue weighted by molar-refractivity contribution is -0.136. The van der Waals surface area contributed by atoms with Gasteiger partial charge in [0.25, 0.3) is 0 Å². The quantitative estimate of drug-likeness (QED) is 0.286. The van der Waals surface area contributed by atoms with Crippen molar-refractivity contribution in [1.82, 2.24) is 0 Å². The van der Waals surface area contributed by atoms with Crippen LogP contribution in [0.2, 0.25) is 0 Å². The topological polar surface area (TPSA) is 55.8 Å². The van der Waals surface area contributed by atoms with Crippen molar-refractivity contribution in [2.45, 2.75) is 33.6 Å². The Kier molecular flexibility index (Phi) is 9.62. The number of hydrogen-bond donors (Lipinski definition) is 1. The van der Waals surface area contributed by atoms with Crippen LogP contribution in [0.3, 0.4) is 0 Å². The maximum atomic E-state index is 11.6. The summed E-state index contributed by atoms with van der Waals surface area (Å²) in [4.78, 5) is 11.6. The van der Waals surface area contributed by atoms with Gasteiger partial charge < -0.3 is 14.6 Å². The van der Waals surface area contributed by atoms with Crippen LogP contribution in [-0.2, 0) is 9.53 Å². The van der Waals surface area contributed by atoms with Crippen molar-refractivity contribution in [3.8, 4) is 11.5 Å². The van der Waals surface area contributed by atoms with Crippen LogP contribution in [0.1, 0.15) is 39.2 Å². The summed E-state index contributed by atoms with van der Waals surface area (Å²) in [7, 11) is 1.50. The number of phenols is 1. The van der Waals surface area contributed by atoms with E-state index in [-0.39, 0.29) is 18.3 Å². The highest BCUT2D eigenvalue weighted by Gasteiger charge is 2.00. The predicted molar refractivity (Wildman–Crippen MR) is 106 cm³/mol. The Morgan fingerprint density at radius 2 is 1.92 bits per heavy atom. The molecule has 1 rings (SSSR count). The fraction of sp³-hybridized carbons (Fsp3) is 0.318. The van der Waals surface area contributed by atoms with Gasteiger partial charge in [0, 0.05) is 6.08 Å². The van der Waals surface area contributed by atoms with E-state index in [1.807, 2.05) is 13.0 Å². The summed E-state index contributed by atoms with van der Waals surface area (Å²) in [5.41, 5.74) is 3.38. The molecule has 4 heteroatoms. The van der Waals surface area contributed by atoms with E-state index in [9.17, 15) is 9.90 Å². The highest BCUT2D eigenvalue weighted by atomic mass is 16.5. The second kappa shape index (κ2) is 11.7. The van der Waals surface area contributed by atoms with Crippen LogP contribution in [0, 0.1) is 0 Å². The molecule has 1 N–H and O–H groups in total. The van der Waals surface area contributed by atoms with Gasteiger partial charge in [-0.15, -0.1) is 0 Å². The summed E-state index contributed by atoms with van der Waals surface area (Å²) in [6, 6.07) is 5.02. The van der Waals surface area contributed by atoms with Crippen molar-refractivity contribution < 1.29 is 19.4 Å². The van der Waals surface area contributed by atoms with E-state index in [1.165, 1.54) is 24.3 Å². The van der Waals surface area contributed by atoms with E-state index in [2.05, 4.69) is 19.9 Å². The molecule has 0 bridgehead atoms. The summed E-state index contributed by atoms with van der Waals surface area (Å²) in [5, 5.41) is 9.54. The Morgan fingerprint density at radius 3 is 2.62 bits per heavy atom. The molecule has 0 aromatic heterocycles. The normalized spacial score (nSPS) is 11.8. The molecule has 0 atom stereocenters. The van der Waals surface area contributed by atoms with Crippen LogP contribution < -0.4 is 4.74 Å². The number of benzene rings is 1. The second-order valence-electron chi connectivity index (χ2n) is 6.15. The number of rotatable bonds is 9. The summed E-state index contributed by atoms with van der Waals surface area (Å²) >= 11 is 0. The molecule has 26 heavy (non-hydrogen) atoms. The third-order valence-electron chi connectivity index (χ3n) is 3.58. The van der Waals surface area contributed by atoms with Gasteiger partial charge in [-0.2, -0.15) is 0 Å². The van der Waals surface area contributed by atoms with Gasteiger partial charge >= 0.3 is 5.97 Å². The Balaban J connectivity index is 2.39. The molecule has 0 aliphatic rings. The highest BCUT2D eigenvalue weighted by Crippen LogP contribution is 2.26. The summed E-state index contributed by atoms with van der Waals surface area (Å²) in [5.74, 6) is 0.113. The molecule has 0 amide bonds. The zero-order valence-corrected chi connectivity index (χ0v) is 16.0. The second-order valence-corrected chi connectivity index (χ2v) is 6.15. The van der Waals surface area contributed by atoms with Gasteiger partial charge in [0.2, 0.25) is 0 Å². The lowest BCUT2D eigenvalue weighted by Crippen LogP contribution is -2.00. The van der Waals surface area contributed by atoms with E-state index >= 15 is 0 Å². The van der Waals surface area contributed by atoms with Crippen molar-refractivity contribution in [2.75, 3.05) is 13.7 Å². The van der Waals surface area contributed by atoms with Gasteiger partial charge in [0.1, 0.15) is 6.61 Å². The minimum Gasteiger partial charge on any atom is -0.504 e. The molecule has 0 saturated heterocycles. The average Bonchev–Trinajstić information content (AvgIpc) is 2.59. The maximum absolute atomic E-state index is 11.6. The molecular formula is C22H28O4. The first-order valence-corrected chi connectivity index (χ1v) is 8.60. The van der Waals surface area contributed by atoms with Crippen molar-refractivity contribution >= 4 is 12.0 Å². The van der Waals surface area contributed by atoms with Crippen LogP contribution in [0.4, 0.5) is 0 Å². The zero-order valence-electron chi connectivity index (χ0n) is 16.0. The number of phenolic OH excluding ortho intramolecular Hbond substituents is 1. The molecule has 0 fully saturated rings. The van der Waals surface area contributed by atoms with Gasteiger partial charge in [-0.05, 0) is 57.4 Å². The molecule has 0 spiro atoms. The zero-order chi connectivity index (χ0) is 19.4. The number of carbonyl (C=O) groups excluding carboxylic acids is 1. The fourth-order valence-corrected chi connectivity index (χ4v) is 2.10. The first kappa shape index (κ1) is 21.3. The summed E-state index contributed by atoms with van der Waals surface area (Å²) < 4.78 is 10.2. The van der Waals surface area contributed by atoms with E-state index in [0.717, 1.165) is 18.4 Å². The minimum atomic E-state index is -0.383. The minimum absolute atomic E-state index is 0.0907. The van der Waals surface area contributed by atoms with Gasteiger partial charge in [0.15, 0.2) is 11.5 Å². The van der Waals surface area contributed by atoms with Crippen LogP contribution in [0.15, 0.2) is 59.7 Å². The van der Waals surface area contributed by atoms with Gasteiger partial charge in [0.05, 0.1) is 7.11 Å². The van der Waals surface area contributed by atoms with E-state index in [1.54, 1.807) is 36.4 Å². The molecule has 4 nitrogen and oxygen atoms in total. The first-order valence-electron chi connectivity index (χ1n) is 8.60. The molecule has 140 valence electrons. The lowest BCUT2D eigenvalue weighted by atomic mass is 10.1. The number of ether oxygens (including phenoxy) is 2. The van der Waals surface area contributed by atoms with Crippen molar-refractivity contribution in [3.63, 3.8) is 0 Å². The third-order valence-corrected chi connectivity index (χ3v) is 3.58. The monoisotopic (exact) mass is 356 g/mol. The number of aromatic hydroxyl groups is 1. The van der Waals surface area contributed by atoms with E-state index < -0.39 is 0 Å². The van der Waals surface area contributed by atoms with Crippen molar-refractivity contribution in [3.05, 3.63) is 65.3 Å². The highest BCUT2D eigenvalue weighted by molar-refractivity contribution is 5.82. The number of carbonyl (C=O) groups is 1. The molecule has 0 aliphatic heterocycles. The largest absolute Gasteiger partial charge is 0.504 e. The Morgan fingerprint density at radius 1 is 1.15 bits per heavy atom. The molecule has 1 aromatic rings. The van der Waals surface area contributed by atoms with Gasteiger partial charge in [-0.25, -0.2) is 4.79 Å². The lowest BCUT2D eigenvalue weighted by Gasteiger charge is -2.03. The average molecular weight is 356 g/mol. The number of hydrogen-bond acceptors (Lipinski definition) is 4. The molecular weight excluding hydrogens is 328 g/mol. The van der Waals surface area contributed by atoms with Crippen LogP contribution >= 0.6 is 0 Å².